The molecule has 0 aromatic heterocycles. The van der Waals surface area contributed by atoms with Crippen molar-refractivity contribution in [2.75, 3.05) is 26.2 Å². The lowest BCUT2D eigenvalue weighted by Crippen LogP contribution is -2.55. The molecule has 0 radical (unpaired) electrons. The smallest absolute Gasteiger partial charge is 0.229 e. The van der Waals surface area contributed by atoms with E-state index < -0.39 is 0 Å². The summed E-state index contributed by atoms with van der Waals surface area (Å²) < 4.78 is 5.74. The molecule has 4 heteroatoms. The molecule has 110 valence electrons. The lowest BCUT2D eigenvalue weighted by molar-refractivity contribution is -0.156. The Kier molecular flexibility index (Phi) is 4.85. The molecule has 2 saturated heterocycles. The quantitative estimate of drug-likeness (QED) is 0.848. The van der Waals surface area contributed by atoms with Gasteiger partial charge in [-0.3, -0.25) is 4.79 Å². The molecule has 0 aromatic rings. The summed E-state index contributed by atoms with van der Waals surface area (Å²) in [5.41, 5.74) is -0.114. The number of rotatable bonds is 3. The minimum atomic E-state index is -0.114. The van der Waals surface area contributed by atoms with Crippen molar-refractivity contribution in [3.63, 3.8) is 0 Å². The Balaban J connectivity index is 2.10. The molecule has 0 aromatic carbocycles. The summed E-state index contributed by atoms with van der Waals surface area (Å²) in [7, 11) is 0. The Morgan fingerprint density at radius 3 is 2.37 bits per heavy atom. The first-order valence-electron chi connectivity index (χ1n) is 7.73. The van der Waals surface area contributed by atoms with Crippen LogP contribution in [0.4, 0.5) is 0 Å². The molecule has 2 aliphatic rings. The average Bonchev–Trinajstić information content (AvgIpc) is 2.38. The van der Waals surface area contributed by atoms with E-state index in [9.17, 15) is 4.79 Å². The van der Waals surface area contributed by atoms with Gasteiger partial charge in [-0.1, -0.05) is 13.3 Å². The molecular formula is C15H28N2O2. The van der Waals surface area contributed by atoms with Gasteiger partial charge < -0.3 is 15.0 Å². The van der Waals surface area contributed by atoms with Crippen molar-refractivity contribution in [2.45, 2.75) is 58.7 Å². The van der Waals surface area contributed by atoms with E-state index in [-0.39, 0.29) is 17.6 Å². The second-order valence-corrected chi connectivity index (χ2v) is 6.25. The number of morpholine rings is 1. The highest BCUT2D eigenvalue weighted by Gasteiger charge is 2.42. The first-order valence-corrected chi connectivity index (χ1v) is 7.73. The topological polar surface area (TPSA) is 41.6 Å². The summed E-state index contributed by atoms with van der Waals surface area (Å²) in [6.45, 7) is 9.75. The van der Waals surface area contributed by atoms with E-state index in [1.807, 2.05) is 0 Å². The Morgan fingerprint density at radius 1 is 1.26 bits per heavy atom. The fraction of sp³-hybridized carbons (Fsp3) is 0.933. The summed E-state index contributed by atoms with van der Waals surface area (Å²) >= 11 is 0. The van der Waals surface area contributed by atoms with Crippen LogP contribution in [-0.4, -0.2) is 49.2 Å². The number of nitrogens with zero attached hydrogens (tertiary/aromatic N) is 1. The molecule has 4 nitrogen and oxygen atoms in total. The normalized spacial score (nSPS) is 31.2. The summed E-state index contributed by atoms with van der Waals surface area (Å²) in [4.78, 5) is 15.1. The lowest BCUT2D eigenvalue weighted by Gasteiger charge is -2.43. The predicted octanol–water partition coefficient (Wildman–Crippen LogP) is 1.79. The summed E-state index contributed by atoms with van der Waals surface area (Å²) in [5.74, 6) is 0.373. The van der Waals surface area contributed by atoms with Gasteiger partial charge in [0.2, 0.25) is 5.91 Å². The number of hydrogen-bond acceptors (Lipinski definition) is 3. The van der Waals surface area contributed by atoms with Gasteiger partial charge >= 0.3 is 0 Å². The minimum Gasteiger partial charge on any atom is -0.372 e. The molecule has 0 unspecified atom stereocenters. The fourth-order valence-electron chi connectivity index (χ4n) is 3.63. The second kappa shape index (κ2) is 6.23. The standard InChI is InChI=1S/C15H28N2O2/c1-4-5-15(6-8-16-9-7-15)14(18)17-10-12(2)19-13(3)11-17/h12-13,16H,4-11H2,1-3H3/t12-,13+. The van der Waals surface area contributed by atoms with Crippen LogP contribution in [0.2, 0.25) is 0 Å². The first kappa shape index (κ1) is 14.8. The van der Waals surface area contributed by atoms with E-state index in [4.69, 9.17) is 4.74 Å². The van der Waals surface area contributed by atoms with Crippen LogP contribution in [0, 0.1) is 5.41 Å². The van der Waals surface area contributed by atoms with Gasteiger partial charge in [-0.05, 0) is 46.2 Å². The molecule has 0 bridgehead atoms. The van der Waals surface area contributed by atoms with Crippen molar-refractivity contribution >= 4 is 5.91 Å². The average molecular weight is 268 g/mol. The molecular weight excluding hydrogens is 240 g/mol. The van der Waals surface area contributed by atoms with Crippen molar-refractivity contribution in [3.05, 3.63) is 0 Å². The third kappa shape index (κ3) is 3.29. The summed E-state index contributed by atoms with van der Waals surface area (Å²) in [6, 6.07) is 0. The van der Waals surface area contributed by atoms with Crippen LogP contribution >= 0.6 is 0 Å². The van der Waals surface area contributed by atoms with Gasteiger partial charge in [0.15, 0.2) is 0 Å². The van der Waals surface area contributed by atoms with Crippen LogP contribution in [0.1, 0.15) is 46.5 Å². The van der Waals surface area contributed by atoms with E-state index in [0.717, 1.165) is 51.9 Å². The van der Waals surface area contributed by atoms with Crippen molar-refractivity contribution < 1.29 is 9.53 Å². The Bertz CT molecular complexity index is 298. The van der Waals surface area contributed by atoms with E-state index in [0.29, 0.717) is 5.91 Å². The highest BCUT2D eigenvalue weighted by atomic mass is 16.5. The van der Waals surface area contributed by atoms with E-state index >= 15 is 0 Å². The zero-order valence-electron chi connectivity index (χ0n) is 12.6. The maximum atomic E-state index is 13.0. The predicted molar refractivity (Wildman–Crippen MR) is 76.0 cm³/mol. The highest BCUT2D eigenvalue weighted by molar-refractivity contribution is 5.83. The molecule has 2 aliphatic heterocycles. The third-order valence-electron chi connectivity index (χ3n) is 4.45. The number of nitrogens with one attached hydrogen (secondary N) is 1. The van der Waals surface area contributed by atoms with Gasteiger partial charge in [0.1, 0.15) is 0 Å². The first-order chi connectivity index (χ1) is 9.07. The highest BCUT2D eigenvalue weighted by Crippen LogP contribution is 2.36. The van der Waals surface area contributed by atoms with Crippen molar-refractivity contribution in [2.24, 2.45) is 5.41 Å². The van der Waals surface area contributed by atoms with E-state index in [1.54, 1.807) is 0 Å². The molecule has 0 aliphatic carbocycles. The number of carbonyl (C=O) groups excluding carboxylic acids is 1. The lowest BCUT2D eigenvalue weighted by atomic mass is 9.74. The van der Waals surface area contributed by atoms with Crippen LogP contribution in [0.25, 0.3) is 0 Å². The van der Waals surface area contributed by atoms with Crippen molar-refractivity contribution in [1.82, 2.24) is 10.2 Å². The summed E-state index contributed by atoms with van der Waals surface area (Å²) in [6.07, 6.45) is 4.40. The molecule has 0 saturated carbocycles. The van der Waals surface area contributed by atoms with Crippen LogP contribution in [0.15, 0.2) is 0 Å². The minimum absolute atomic E-state index is 0.114. The second-order valence-electron chi connectivity index (χ2n) is 6.25. The van der Waals surface area contributed by atoms with Gasteiger partial charge in [-0.15, -0.1) is 0 Å². The SMILES string of the molecule is CCCC1(C(=O)N2C[C@@H](C)O[C@@H](C)C2)CCNCC1. The van der Waals surface area contributed by atoms with Gasteiger partial charge in [0.25, 0.3) is 0 Å². The van der Waals surface area contributed by atoms with Gasteiger partial charge in [-0.25, -0.2) is 0 Å². The fourth-order valence-corrected chi connectivity index (χ4v) is 3.63. The van der Waals surface area contributed by atoms with Crippen LogP contribution in [-0.2, 0) is 9.53 Å². The van der Waals surface area contributed by atoms with Crippen LogP contribution < -0.4 is 5.32 Å². The van der Waals surface area contributed by atoms with Crippen LogP contribution in [0.3, 0.4) is 0 Å². The zero-order chi connectivity index (χ0) is 13.9. The van der Waals surface area contributed by atoms with Gasteiger partial charge in [0, 0.05) is 13.1 Å². The number of piperidine rings is 1. The molecule has 2 atom stereocenters. The van der Waals surface area contributed by atoms with Crippen molar-refractivity contribution in [3.8, 4) is 0 Å². The number of ether oxygens (including phenoxy) is 1. The largest absolute Gasteiger partial charge is 0.372 e. The van der Waals surface area contributed by atoms with E-state index in [2.05, 4.69) is 31.0 Å². The molecule has 0 spiro atoms. The number of amides is 1. The zero-order valence-corrected chi connectivity index (χ0v) is 12.6. The molecule has 19 heavy (non-hydrogen) atoms. The molecule has 2 heterocycles. The number of hydrogen-bond donors (Lipinski definition) is 1. The Morgan fingerprint density at radius 2 is 1.84 bits per heavy atom. The van der Waals surface area contributed by atoms with Crippen LogP contribution in [0.5, 0.6) is 0 Å². The van der Waals surface area contributed by atoms with E-state index in [1.165, 1.54) is 0 Å². The maximum absolute atomic E-state index is 13.0. The number of carbonyl (C=O) groups is 1. The third-order valence-corrected chi connectivity index (χ3v) is 4.45. The maximum Gasteiger partial charge on any atom is 0.229 e. The molecule has 2 fully saturated rings. The monoisotopic (exact) mass is 268 g/mol. The van der Waals surface area contributed by atoms with Gasteiger partial charge in [-0.2, -0.15) is 0 Å². The van der Waals surface area contributed by atoms with Crippen molar-refractivity contribution in [1.29, 1.82) is 0 Å². The Labute approximate surface area is 116 Å². The summed E-state index contributed by atoms with van der Waals surface area (Å²) in [5, 5.41) is 3.38. The molecule has 2 rings (SSSR count). The van der Waals surface area contributed by atoms with Gasteiger partial charge in [0.05, 0.1) is 17.6 Å². The molecule has 1 N–H and O–H groups in total. The Hall–Kier alpha value is -0.610. The molecule has 1 amide bonds.